The Morgan fingerprint density at radius 2 is 1.68 bits per heavy atom. The number of nitrogens with one attached hydrogen (secondary N) is 1. The Bertz CT molecular complexity index is 1240. The number of nitrogens with zero attached hydrogens (tertiary/aromatic N) is 1. The minimum Gasteiger partial charge on any atom is -0.493 e. The molecule has 0 unspecified atom stereocenters. The van der Waals surface area contributed by atoms with Crippen LogP contribution in [-0.4, -0.2) is 49.7 Å². The summed E-state index contributed by atoms with van der Waals surface area (Å²) < 4.78 is 22.7. The van der Waals surface area contributed by atoms with Gasteiger partial charge in [-0.25, -0.2) is 4.79 Å². The number of hydrogen-bond acceptors (Lipinski definition) is 7. The van der Waals surface area contributed by atoms with Crippen LogP contribution in [0.25, 0.3) is 6.08 Å². The van der Waals surface area contributed by atoms with Crippen LogP contribution in [0.4, 0.5) is 4.79 Å². The average Bonchev–Trinajstić information content (AvgIpc) is 2.89. The lowest BCUT2D eigenvalue weighted by Crippen LogP contribution is -2.53. The molecule has 0 atom stereocenters. The van der Waals surface area contributed by atoms with Gasteiger partial charge in [-0.2, -0.15) is 0 Å². The lowest BCUT2D eigenvalue weighted by atomic mass is 10.0. The van der Waals surface area contributed by atoms with Gasteiger partial charge >= 0.3 is 6.03 Å². The summed E-state index contributed by atoms with van der Waals surface area (Å²) in [5.74, 6) is 0.665. The van der Waals surface area contributed by atoms with E-state index in [0.717, 1.165) is 16.9 Å². The van der Waals surface area contributed by atoms with E-state index in [4.69, 9.17) is 18.9 Å². The summed E-state index contributed by atoms with van der Waals surface area (Å²) in [4.78, 5) is 39.7. The summed E-state index contributed by atoms with van der Waals surface area (Å²) in [5, 5.41) is 2.26. The number of benzene rings is 2. The van der Waals surface area contributed by atoms with Crippen LogP contribution in [0.15, 0.2) is 48.6 Å². The summed E-state index contributed by atoms with van der Waals surface area (Å²) in [7, 11) is 1.55. The molecule has 9 heteroatoms. The molecule has 4 amide bonds. The van der Waals surface area contributed by atoms with E-state index in [1.807, 2.05) is 20.8 Å². The Labute approximate surface area is 223 Å². The van der Waals surface area contributed by atoms with Crippen LogP contribution in [0.3, 0.4) is 0 Å². The van der Waals surface area contributed by atoms with Crippen molar-refractivity contribution >= 4 is 23.9 Å². The number of hydrogen-bond donors (Lipinski definition) is 1. The highest BCUT2D eigenvalue weighted by atomic mass is 16.5. The largest absolute Gasteiger partial charge is 0.493 e. The van der Waals surface area contributed by atoms with Gasteiger partial charge < -0.3 is 18.9 Å². The fourth-order valence-corrected chi connectivity index (χ4v) is 4.01. The second-order valence-electron chi connectivity index (χ2n) is 8.41. The monoisotopic (exact) mass is 522 g/mol. The number of barbiturate groups is 1. The first-order chi connectivity index (χ1) is 18.4. The molecule has 3 rings (SSSR count). The van der Waals surface area contributed by atoms with Gasteiger partial charge in [0.15, 0.2) is 23.0 Å². The molecule has 1 saturated heterocycles. The van der Waals surface area contributed by atoms with E-state index in [9.17, 15) is 14.4 Å². The van der Waals surface area contributed by atoms with Gasteiger partial charge in [0.25, 0.3) is 11.8 Å². The molecule has 0 aromatic heterocycles. The molecule has 38 heavy (non-hydrogen) atoms. The summed E-state index contributed by atoms with van der Waals surface area (Å²) >= 11 is 0. The van der Waals surface area contributed by atoms with Crippen LogP contribution in [-0.2, 0) is 22.6 Å². The first-order valence-corrected chi connectivity index (χ1v) is 12.6. The third-order valence-electron chi connectivity index (χ3n) is 5.63. The highest BCUT2D eigenvalue weighted by molar-refractivity contribution is 6.31. The van der Waals surface area contributed by atoms with Crippen molar-refractivity contribution in [2.75, 3.05) is 26.9 Å². The number of imide groups is 2. The Hall–Kier alpha value is -4.27. The minimum atomic E-state index is -0.793. The summed E-state index contributed by atoms with van der Waals surface area (Å²) in [6, 6.07) is 7.92. The van der Waals surface area contributed by atoms with E-state index in [-0.39, 0.29) is 12.1 Å². The van der Waals surface area contributed by atoms with E-state index < -0.39 is 17.8 Å². The van der Waals surface area contributed by atoms with Crippen molar-refractivity contribution in [1.29, 1.82) is 0 Å². The van der Waals surface area contributed by atoms with Gasteiger partial charge in [0.1, 0.15) is 5.57 Å². The highest BCUT2D eigenvalue weighted by Gasteiger charge is 2.36. The minimum absolute atomic E-state index is 0.0576. The SMILES string of the molecule is C=CCc1cc(/C=C2\C(=O)NC(=O)N(Cc3ccc(OCCC)c(OCC)c3)C2=O)cc(OCC)c1OC. The number of allylic oxidation sites excluding steroid dienone is 1. The van der Waals surface area contributed by atoms with Crippen LogP contribution < -0.4 is 24.3 Å². The molecule has 0 radical (unpaired) electrons. The third kappa shape index (κ3) is 6.53. The van der Waals surface area contributed by atoms with Crippen molar-refractivity contribution < 1.29 is 33.3 Å². The summed E-state index contributed by atoms with van der Waals surface area (Å²) in [5.41, 5.74) is 1.81. The molecule has 1 aliphatic rings. The van der Waals surface area contributed by atoms with Crippen molar-refractivity contribution in [3.8, 4) is 23.0 Å². The van der Waals surface area contributed by atoms with Gasteiger partial charge in [0.2, 0.25) is 0 Å². The van der Waals surface area contributed by atoms with E-state index in [2.05, 4.69) is 11.9 Å². The van der Waals surface area contributed by atoms with Crippen LogP contribution in [0.1, 0.15) is 43.9 Å². The molecule has 0 saturated carbocycles. The zero-order chi connectivity index (χ0) is 27.7. The Balaban J connectivity index is 1.95. The molecule has 1 fully saturated rings. The first-order valence-electron chi connectivity index (χ1n) is 12.6. The van der Waals surface area contributed by atoms with Crippen molar-refractivity contribution in [2.24, 2.45) is 0 Å². The van der Waals surface area contributed by atoms with Crippen molar-refractivity contribution in [1.82, 2.24) is 10.2 Å². The smallest absolute Gasteiger partial charge is 0.331 e. The predicted octanol–water partition coefficient (Wildman–Crippen LogP) is 4.67. The third-order valence-corrected chi connectivity index (χ3v) is 5.63. The van der Waals surface area contributed by atoms with E-state index in [1.54, 1.807) is 43.5 Å². The van der Waals surface area contributed by atoms with E-state index in [1.165, 1.54) is 6.08 Å². The molecule has 1 N–H and O–H groups in total. The number of carbonyl (C=O) groups excluding carboxylic acids is 3. The number of urea groups is 1. The predicted molar refractivity (Wildman–Crippen MR) is 144 cm³/mol. The number of ether oxygens (including phenoxy) is 4. The highest BCUT2D eigenvalue weighted by Crippen LogP contribution is 2.35. The maximum Gasteiger partial charge on any atom is 0.331 e. The lowest BCUT2D eigenvalue weighted by molar-refractivity contribution is -0.130. The Morgan fingerprint density at radius 1 is 0.947 bits per heavy atom. The first kappa shape index (κ1) is 28.3. The molecule has 0 spiro atoms. The molecule has 9 nitrogen and oxygen atoms in total. The van der Waals surface area contributed by atoms with Crippen LogP contribution in [0.5, 0.6) is 23.0 Å². The maximum atomic E-state index is 13.4. The van der Waals surface area contributed by atoms with E-state index >= 15 is 0 Å². The van der Waals surface area contributed by atoms with Crippen molar-refractivity contribution in [2.45, 2.75) is 40.2 Å². The normalized spacial score (nSPS) is 14.4. The van der Waals surface area contributed by atoms with Gasteiger partial charge in [0, 0.05) is 5.56 Å². The summed E-state index contributed by atoms with van der Waals surface area (Å²) in [6.07, 6.45) is 4.50. The van der Waals surface area contributed by atoms with Gasteiger partial charge in [-0.05, 0) is 68.2 Å². The quantitative estimate of drug-likeness (QED) is 0.232. The molecule has 0 bridgehead atoms. The number of rotatable bonds is 13. The Morgan fingerprint density at radius 3 is 2.34 bits per heavy atom. The zero-order valence-electron chi connectivity index (χ0n) is 22.3. The van der Waals surface area contributed by atoms with Gasteiger partial charge in [-0.1, -0.05) is 19.1 Å². The fraction of sp³-hybridized carbons (Fsp3) is 0.345. The van der Waals surface area contributed by atoms with Crippen LogP contribution >= 0.6 is 0 Å². The van der Waals surface area contributed by atoms with Crippen LogP contribution in [0, 0.1) is 0 Å². The molecule has 2 aromatic rings. The van der Waals surface area contributed by atoms with E-state index in [0.29, 0.717) is 60.4 Å². The van der Waals surface area contributed by atoms with Crippen molar-refractivity contribution in [3.05, 3.63) is 65.3 Å². The Kier molecular flexibility index (Phi) is 9.92. The topological polar surface area (TPSA) is 103 Å². The molecule has 1 aliphatic heterocycles. The summed E-state index contributed by atoms with van der Waals surface area (Å²) in [6.45, 7) is 10.8. The molecule has 0 aliphatic carbocycles. The molecular formula is C29H34N2O7. The number of methoxy groups -OCH3 is 1. The molecule has 1 heterocycles. The lowest BCUT2D eigenvalue weighted by Gasteiger charge is -2.27. The van der Waals surface area contributed by atoms with Crippen molar-refractivity contribution in [3.63, 3.8) is 0 Å². The molecule has 2 aromatic carbocycles. The number of amides is 4. The second kappa shape index (κ2) is 13.3. The molecule has 202 valence electrons. The maximum absolute atomic E-state index is 13.4. The second-order valence-corrected chi connectivity index (χ2v) is 8.41. The standard InChI is InChI=1S/C29H34N2O7/c1-6-10-21-14-20(17-25(37-9-4)26(21)35-5)15-22-27(32)30-29(34)31(28(22)33)18-19-11-12-23(38-13-7-2)24(16-19)36-8-3/h6,11-12,14-17H,1,7-10,13,18H2,2-5H3,(H,30,32,34)/b22-15+. The average molecular weight is 523 g/mol. The van der Waals surface area contributed by atoms with Gasteiger partial charge in [-0.3, -0.25) is 19.8 Å². The molecular weight excluding hydrogens is 488 g/mol. The fourth-order valence-electron chi connectivity index (χ4n) is 4.01. The number of carbonyl (C=O) groups is 3. The zero-order valence-corrected chi connectivity index (χ0v) is 22.3. The van der Waals surface area contributed by atoms with Gasteiger partial charge in [0.05, 0.1) is 33.5 Å². The van der Waals surface area contributed by atoms with Crippen LogP contribution in [0.2, 0.25) is 0 Å². The van der Waals surface area contributed by atoms with Gasteiger partial charge in [-0.15, -0.1) is 6.58 Å².